The second-order valence-corrected chi connectivity index (χ2v) is 29.0. The number of benzene rings is 1. The number of amides is 1. The van der Waals surface area contributed by atoms with Crippen LogP contribution in [-0.2, 0) is 39.2 Å². The van der Waals surface area contributed by atoms with E-state index >= 15 is 0 Å². The molecule has 1 aromatic rings. The van der Waals surface area contributed by atoms with Crippen molar-refractivity contribution in [2.24, 2.45) is 17.6 Å². The van der Waals surface area contributed by atoms with Crippen LogP contribution in [0, 0.1) is 11.8 Å². The number of nitrogens with two attached hydrogens (primary N) is 1. The molecule has 1 aromatic carbocycles. The summed E-state index contributed by atoms with van der Waals surface area (Å²) in [6.07, 6.45) is -0.632. The molecule has 2 fully saturated rings. The third kappa shape index (κ3) is 17.5. The van der Waals surface area contributed by atoms with E-state index in [1.165, 1.54) is 6.92 Å². The molecule has 12 nitrogen and oxygen atoms in total. The largest absolute Gasteiger partial charge is 0.466 e. The molecule has 2 unspecified atom stereocenters. The standard InChI is InChI=1S/C23H39NO5Si.C15H33NO3Si.C4H8O2/c1-17(2)13-19(24-21(26)27-14-18-11-9-8-10-12-18)20(25)23(15-28-23)16-29-30(6,7)22(3,4)5;1-11(2)8-12(16)13(17)15(9-18-15)10-19-20(6,7)14(3,4)5;1-3-6-4(2)5/h8-12,17,19-20,25H,13-16H2,1-7H3,(H,24,26);11-13,17H,8-10,16H2,1-7H3;3H2,1-2H3/t19?,20-,23-;12?,13-,15-;/m00./s1. The lowest BCUT2D eigenvalue weighted by Gasteiger charge is -2.38. The van der Waals surface area contributed by atoms with E-state index in [4.69, 9.17) is 28.8 Å². The normalized spacial score (nSPS) is 21.7. The average molecular weight is 829 g/mol. The Balaban J connectivity index is 0.000000517. The quantitative estimate of drug-likeness (QED) is 0.0653. The number of carbonyl (C=O) groups excluding carboxylic acids is 2. The Morgan fingerprint density at radius 2 is 1.23 bits per heavy atom. The van der Waals surface area contributed by atoms with Crippen LogP contribution in [0.5, 0.6) is 0 Å². The number of hydrogen-bond acceptors (Lipinski definition) is 11. The highest BCUT2D eigenvalue weighted by molar-refractivity contribution is 6.74. The van der Waals surface area contributed by atoms with Crippen LogP contribution in [0.25, 0.3) is 0 Å². The summed E-state index contributed by atoms with van der Waals surface area (Å²) in [5.41, 5.74) is 5.68. The van der Waals surface area contributed by atoms with E-state index in [1.807, 2.05) is 30.3 Å². The van der Waals surface area contributed by atoms with Gasteiger partial charge in [-0.25, -0.2) is 4.79 Å². The van der Waals surface area contributed by atoms with Gasteiger partial charge in [0.1, 0.15) is 30.0 Å². The first-order valence-corrected chi connectivity index (χ1v) is 26.1. The predicted octanol–water partition coefficient (Wildman–Crippen LogP) is 7.56. The van der Waals surface area contributed by atoms with E-state index in [-0.39, 0.29) is 34.6 Å². The minimum Gasteiger partial charge on any atom is -0.466 e. The molecule has 0 aliphatic carbocycles. The smallest absolute Gasteiger partial charge is 0.407 e. The van der Waals surface area contributed by atoms with Crippen molar-refractivity contribution in [3.8, 4) is 0 Å². The summed E-state index contributed by atoms with van der Waals surface area (Å²) in [5, 5.41) is 24.7. The molecule has 2 heterocycles. The van der Waals surface area contributed by atoms with E-state index < -0.39 is 52.2 Å². The van der Waals surface area contributed by atoms with Gasteiger partial charge < -0.3 is 49.1 Å². The number of carbonyl (C=O) groups is 2. The first-order chi connectivity index (χ1) is 25.5. The molecule has 2 aliphatic rings. The van der Waals surface area contributed by atoms with Crippen LogP contribution in [0.1, 0.15) is 101 Å². The Labute approximate surface area is 341 Å². The molecule has 0 aromatic heterocycles. The van der Waals surface area contributed by atoms with Gasteiger partial charge in [-0.15, -0.1) is 0 Å². The van der Waals surface area contributed by atoms with Gasteiger partial charge >= 0.3 is 12.1 Å². The van der Waals surface area contributed by atoms with Crippen molar-refractivity contribution < 1.29 is 47.6 Å². The first kappa shape index (κ1) is 52.1. The maximum atomic E-state index is 12.4. The zero-order valence-corrected chi connectivity index (χ0v) is 39.7. The maximum Gasteiger partial charge on any atom is 0.407 e. The Morgan fingerprint density at radius 3 is 1.57 bits per heavy atom. The number of nitrogens with one attached hydrogen (secondary N) is 1. The van der Waals surface area contributed by atoms with Crippen LogP contribution >= 0.6 is 0 Å². The molecular formula is C42H80N2O10Si2. The van der Waals surface area contributed by atoms with E-state index in [0.717, 1.165) is 12.0 Å². The van der Waals surface area contributed by atoms with E-state index in [1.54, 1.807) is 6.92 Å². The fourth-order valence-electron chi connectivity index (χ4n) is 5.23. The van der Waals surface area contributed by atoms with E-state index in [2.05, 4.69) is 105 Å². The maximum absolute atomic E-state index is 12.4. The molecule has 6 atom stereocenters. The van der Waals surface area contributed by atoms with Crippen molar-refractivity contribution in [1.82, 2.24) is 5.32 Å². The summed E-state index contributed by atoms with van der Waals surface area (Å²) >= 11 is 0. The molecule has 14 heteroatoms. The van der Waals surface area contributed by atoms with Gasteiger partial charge in [0, 0.05) is 13.0 Å². The predicted molar refractivity (Wildman–Crippen MR) is 228 cm³/mol. The number of rotatable bonds is 18. The van der Waals surface area contributed by atoms with Crippen LogP contribution in [0.15, 0.2) is 30.3 Å². The lowest BCUT2D eigenvalue weighted by Crippen LogP contribution is -2.54. The van der Waals surface area contributed by atoms with Crippen LogP contribution < -0.4 is 11.1 Å². The minimum absolute atomic E-state index is 0.0743. The molecule has 56 heavy (non-hydrogen) atoms. The van der Waals surface area contributed by atoms with Crippen LogP contribution in [0.2, 0.25) is 36.3 Å². The molecule has 0 spiro atoms. The molecule has 0 radical (unpaired) electrons. The SMILES string of the molecule is CC(C)CC(N)[C@H](O)[C@@]1(CO[Si](C)(C)C(C)(C)C)CO1.CC(C)CC(NC(=O)OCc1ccccc1)[C@H](O)[C@@]1(CO[Si](C)(C)C(C)(C)C)CO1.CCOC(C)=O. The lowest BCUT2D eigenvalue weighted by molar-refractivity contribution is -0.140. The average Bonchev–Trinajstić information content (AvgIpc) is 4.01. The molecule has 0 bridgehead atoms. The van der Waals surface area contributed by atoms with Gasteiger partial charge in [-0.05, 0) is 73.4 Å². The monoisotopic (exact) mass is 829 g/mol. The molecule has 3 rings (SSSR count). The third-order valence-corrected chi connectivity index (χ3v) is 20.2. The Bertz CT molecular complexity index is 1310. The number of alkyl carbamates (subject to hydrolysis) is 1. The van der Waals surface area contributed by atoms with Crippen molar-refractivity contribution in [3.63, 3.8) is 0 Å². The summed E-state index contributed by atoms with van der Waals surface area (Å²) < 4.78 is 33.5. The summed E-state index contributed by atoms with van der Waals surface area (Å²) in [6, 6.07) is 8.80. The van der Waals surface area contributed by atoms with Gasteiger partial charge in [0.15, 0.2) is 16.6 Å². The summed E-state index contributed by atoms with van der Waals surface area (Å²) in [4.78, 5) is 22.2. The number of esters is 1. The lowest BCUT2D eigenvalue weighted by atomic mass is 9.91. The highest BCUT2D eigenvalue weighted by Gasteiger charge is 2.56. The Morgan fingerprint density at radius 1 is 0.804 bits per heavy atom. The molecular weight excluding hydrogens is 749 g/mol. The zero-order valence-electron chi connectivity index (χ0n) is 37.7. The Hall–Kier alpha value is -1.89. The molecule has 326 valence electrons. The zero-order chi connectivity index (χ0) is 43.3. The summed E-state index contributed by atoms with van der Waals surface area (Å²) in [7, 11) is -3.79. The third-order valence-electron chi connectivity index (χ3n) is 11.2. The molecule has 5 N–H and O–H groups in total. The van der Waals surface area contributed by atoms with E-state index in [9.17, 15) is 19.8 Å². The van der Waals surface area contributed by atoms with Crippen molar-refractivity contribution in [2.45, 2.75) is 174 Å². The minimum atomic E-state index is -1.97. The number of aliphatic hydroxyl groups is 2. The number of aliphatic hydroxyl groups excluding tert-OH is 2. The number of hydrogen-bond donors (Lipinski definition) is 4. The van der Waals surface area contributed by atoms with Crippen LogP contribution in [0.4, 0.5) is 4.79 Å². The van der Waals surface area contributed by atoms with E-state index in [0.29, 0.717) is 45.4 Å². The van der Waals surface area contributed by atoms with Gasteiger partial charge in [0.25, 0.3) is 0 Å². The molecule has 0 saturated carbocycles. The summed E-state index contributed by atoms with van der Waals surface area (Å²) in [5.74, 6) is 0.547. The first-order valence-electron chi connectivity index (χ1n) is 20.3. The molecule has 2 aliphatic heterocycles. The van der Waals surface area contributed by atoms with Crippen molar-refractivity contribution in [2.75, 3.05) is 33.0 Å². The van der Waals surface area contributed by atoms with Gasteiger partial charge in [0.2, 0.25) is 0 Å². The molecule has 2 saturated heterocycles. The Kier molecular flexibility index (Phi) is 20.4. The van der Waals surface area contributed by atoms with Crippen LogP contribution in [0.3, 0.4) is 0 Å². The van der Waals surface area contributed by atoms with Gasteiger partial charge in [-0.3, -0.25) is 4.79 Å². The fraction of sp³-hybridized carbons (Fsp3) is 0.810. The number of ether oxygens (including phenoxy) is 4. The highest BCUT2D eigenvalue weighted by Crippen LogP contribution is 2.42. The van der Waals surface area contributed by atoms with Gasteiger partial charge in [-0.2, -0.15) is 0 Å². The topological polar surface area (TPSA) is 175 Å². The van der Waals surface area contributed by atoms with Crippen molar-refractivity contribution >= 4 is 28.7 Å². The number of epoxide rings is 2. The van der Waals surface area contributed by atoms with Gasteiger partial charge in [-0.1, -0.05) is 99.6 Å². The molecule has 1 amide bonds. The van der Waals surface area contributed by atoms with Crippen molar-refractivity contribution in [3.05, 3.63) is 35.9 Å². The summed E-state index contributed by atoms with van der Waals surface area (Å²) in [6.45, 7) is 35.9. The van der Waals surface area contributed by atoms with Crippen LogP contribution in [-0.4, -0.2) is 107 Å². The highest BCUT2D eigenvalue weighted by atomic mass is 28.4. The van der Waals surface area contributed by atoms with Gasteiger partial charge in [0.05, 0.1) is 39.1 Å². The second-order valence-electron chi connectivity index (χ2n) is 19.4. The van der Waals surface area contributed by atoms with Crippen molar-refractivity contribution in [1.29, 1.82) is 0 Å². The second kappa shape index (κ2) is 21.9. The fourth-order valence-corrected chi connectivity index (χ4v) is 7.30.